The highest BCUT2D eigenvalue weighted by Crippen LogP contribution is 2.45. The number of rotatable bonds is 4. The third-order valence-corrected chi connectivity index (χ3v) is 7.95. The van der Waals surface area contributed by atoms with E-state index in [1.54, 1.807) is 24.4 Å². The lowest BCUT2D eigenvalue weighted by Crippen LogP contribution is -2.17. The van der Waals surface area contributed by atoms with E-state index in [0.717, 1.165) is 63.4 Å². The molecule has 0 bridgehead atoms. The van der Waals surface area contributed by atoms with Gasteiger partial charge in [-0.3, -0.25) is 5.10 Å². The van der Waals surface area contributed by atoms with Crippen LogP contribution < -0.4 is 0 Å². The lowest BCUT2D eigenvalue weighted by molar-refractivity contribution is 0.0843. The van der Waals surface area contributed by atoms with Gasteiger partial charge in [0.15, 0.2) is 14.9 Å². The molecule has 36 heavy (non-hydrogen) atoms. The maximum absolute atomic E-state index is 13.9. The van der Waals surface area contributed by atoms with Crippen molar-refractivity contribution in [3.8, 4) is 16.8 Å². The smallest absolute Gasteiger partial charge is 0.192 e. The zero-order valence-corrected chi connectivity index (χ0v) is 20.8. The van der Waals surface area contributed by atoms with E-state index in [-0.39, 0.29) is 16.8 Å². The van der Waals surface area contributed by atoms with Crippen LogP contribution >= 0.6 is 0 Å². The lowest BCUT2D eigenvalue weighted by atomic mass is 9.89. The van der Waals surface area contributed by atoms with Gasteiger partial charge in [0.05, 0.1) is 17.2 Å². The molecule has 0 aliphatic carbocycles. The Kier molecular flexibility index (Phi) is 5.42. The molecule has 3 aromatic heterocycles. The fourth-order valence-corrected chi connectivity index (χ4v) is 5.88. The van der Waals surface area contributed by atoms with Crippen LogP contribution in [0.4, 0.5) is 4.39 Å². The van der Waals surface area contributed by atoms with Gasteiger partial charge in [0.1, 0.15) is 5.82 Å². The van der Waals surface area contributed by atoms with Crippen molar-refractivity contribution < 1.29 is 17.5 Å². The maximum Gasteiger partial charge on any atom is 0.192 e. The van der Waals surface area contributed by atoms with E-state index in [4.69, 9.17) is 4.74 Å². The number of aryl methyl sites for hydroxylation is 1. The summed E-state index contributed by atoms with van der Waals surface area (Å²) in [5.41, 5.74) is 6.33. The number of aromatic nitrogens is 4. The molecular formula is C27H25FN4O3S. The normalized spacial score (nSPS) is 15.2. The Morgan fingerprint density at radius 2 is 1.83 bits per heavy atom. The molecule has 2 aromatic carbocycles. The number of sulfone groups is 1. The number of halogens is 1. The summed E-state index contributed by atoms with van der Waals surface area (Å²) >= 11 is 0. The number of pyridine rings is 1. The number of nitrogens with one attached hydrogen (secondary N) is 1. The van der Waals surface area contributed by atoms with Crippen LogP contribution in [0.5, 0.6) is 0 Å². The van der Waals surface area contributed by atoms with Gasteiger partial charge >= 0.3 is 0 Å². The monoisotopic (exact) mass is 504 g/mol. The molecular weight excluding hydrogens is 479 g/mol. The Balaban J connectivity index is 1.74. The van der Waals surface area contributed by atoms with Gasteiger partial charge in [-0.05, 0) is 68.3 Å². The average Bonchev–Trinajstić information content (AvgIpc) is 3.45. The third kappa shape index (κ3) is 3.79. The minimum Gasteiger partial charge on any atom is -0.381 e. The maximum atomic E-state index is 13.9. The molecule has 4 heterocycles. The number of benzene rings is 2. The van der Waals surface area contributed by atoms with E-state index in [0.29, 0.717) is 18.9 Å². The molecule has 9 heteroatoms. The molecule has 1 saturated heterocycles. The first-order valence-electron chi connectivity index (χ1n) is 11.8. The molecule has 0 atom stereocenters. The molecule has 0 spiro atoms. The lowest BCUT2D eigenvalue weighted by Gasteiger charge is -2.26. The van der Waals surface area contributed by atoms with Crippen LogP contribution in [0.25, 0.3) is 38.6 Å². The topological polar surface area (TPSA) is 89.9 Å². The van der Waals surface area contributed by atoms with Crippen molar-refractivity contribution in [1.29, 1.82) is 0 Å². The minimum atomic E-state index is -3.44. The zero-order chi connectivity index (χ0) is 25.0. The molecule has 0 saturated carbocycles. The van der Waals surface area contributed by atoms with Gasteiger partial charge in [-0.2, -0.15) is 5.10 Å². The highest BCUT2D eigenvalue weighted by molar-refractivity contribution is 7.90. The Hall–Kier alpha value is -3.56. The molecule has 7 nitrogen and oxygen atoms in total. The molecule has 0 unspecified atom stereocenters. The predicted octanol–water partition coefficient (Wildman–Crippen LogP) is 5.31. The Bertz CT molecular complexity index is 1720. The molecule has 5 aromatic rings. The van der Waals surface area contributed by atoms with Crippen LogP contribution in [0.3, 0.4) is 0 Å². The van der Waals surface area contributed by atoms with Crippen molar-refractivity contribution in [2.75, 3.05) is 19.5 Å². The van der Waals surface area contributed by atoms with Crippen molar-refractivity contribution >= 4 is 31.6 Å². The quantitative estimate of drug-likeness (QED) is 0.358. The Morgan fingerprint density at radius 3 is 2.53 bits per heavy atom. The van der Waals surface area contributed by atoms with Gasteiger partial charge in [0.25, 0.3) is 0 Å². The van der Waals surface area contributed by atoms with Crippen molar-refractivity contribution in [2.45, 2.75) is 30.7 Å². The van der Waals surface area contributed by atoms with Gasteiger partial charge < -0.3 is 9.30 Å². The number of ether oxygens (including phenoxy) is 1. The molecule has 1 N–H and O–H groups in total. The summed E-state index contributed by atoms with van der Waals surface area (Å²) in [7, 11) is -3.44. The molecule has 1 aliphatic rings. The number of aromatic amines is 1. The van der Waals surface area contributed by atoms with E-state index in [9.17, 15) is 12.8 Å². The summed E-state index contributed by atoms with van der Waals surface area (Å²) < 4.78 is 46.1. The number of H-pyrrole nitrogens is 1. The largest absolute Gasteiger partial charge is 0.381 e. The standard InChI is InChI=1S/C27H25FN4O3S/c1-16-21(7-8-25(30-16)36(2,33)34)26-22-14-23-18(15-29-31-23)13-24(22)32(20-5-3-19(28)4-6-20)27(26)17-9-11-35-12-10-17/h3-8,13-15,17H,9-12H2,1-2H3,(H,29,31). The van der Waals surface area contributed by atoms with E-state index in [2.05, 4.69) is 31.9 Å². The van der Waals surface area contributed by atoms with Crippen LogP contribution in [0.15, 0.2) is 59.8 Å². The van der Waals surface area contributed by atoms with Crippen LogP contribution in [-0.2, 0) is 14.6 Å². The summed E-state index contributed by atoms with van der Waals surface area (Å²) in [4.78, 5) is 4.47. The van der Waals surface area contributed by atoms with Crippen molar-refractivity contribution in [3.05, 3.63) is 71.9 Å². The summed E-state index contributed by atoms with van der Waals surface area (Å²) in [6.07, 6.45) is 4.64. The first-order valence-corrected chi connectivity index (χ1v) is 13.7. The van der Waals surface area contributed by atoms with Gasteiger partial charge in [0, 0.05) is 64.4 Å². The average molecular weight is 505 g/mol. The fourth-order valence-electron chi connectivity index (χ4n) is 5.26. The van der Waals surface area contributed by atoms with Gasteiger partial charge in [-0.25, -0.2) is 17.8 Å². The molecule has 1 fully saturated rings. The number of hydrogen-bond donors (Lipinski definition) is 1. The summed E-state index contributed by atoms with van der Waals surface area (Å²) in [6.45, 7) is 3.15. The predicted molar refractivity (Wildman–Crippen MR) is 137 cm³/mol. The van der Waals surface area contributed by atoms with Crippen LogP contribution in [0.2, 0.25) is 0 Å². The summed E-state index contributed by atoms with van der Waals surface area (Å²) in [6, 6.07) is 14.1. The highest BCUT2D eigenvalue weighted by atomic mass is 32.2. The van der Waals surface area contributed by atoms with Crippen molar-refractivity contribution in [3.63, 3.8) is 0 Å². The molecule has 6 rings (SSSR count). The van der Waals surface area contributed by atoms with Gasteiger partial charge in [0.2, 0.25) is 0 Å². The van der Waals surface area contributed by atoms with E-state index < -0.39 is 9.84 Å². The van der Waals surface area contributed by atoms with Crippen LogP contribution in [0, 0.1) is 12.7 Å². The number of nitrogens with zero attached hydrogens (tertiary/aromatic N) is 3. The highest BCUT2D eigenvalue weighted by Gasteiger charge is 2.29. The van der Waals surface area contributed by atoms with Crippen LogP contribution in [0.1, 0.15) is 30.1 Å². The number of fused-ring (bicyclic) bond motifs is 2. The molecule has 0 amide bonds. The molecule has 184 valence electrons. The minimum absolute atomic E-state index is 0.0506. The third-order valence-electron chi connectivity index (χ3n) is 6.97. The molecule has 1 aliphatic heterocycles. The zero-order valence-electron chi connectivity index (χ0n) is 20.0. The fraction of sp³-hybridized carbons (Fsp3) is 0.259. The van der Waals surface area contributed by atoms with Crippen molar-refractivity contribution in [2.24, 2.45) is 0 Å². The van der Waals surface area contributed by atoms with E-state index in [1.165, 1.54) is 12.1 Å². The summed E-state index contributed by atoms with van der Waals surface area (Å²) in [5, 5.41) is 9.29. The second-order valence-corrected chi connectivity index (χ2v) is 11.3. The molecule has 0 radical (unpaired) electrons. The van der Waals surface area contributed by atoms with Crippen LogP contribution in [-0.4, -0.2) is 47.6 Å². The first kappa shape index (κ1) is 22.9. The second-order valence-electron chi connectivity index (χ2n) is 9.34. The Morgan fingerprint density at radius 1 is 1.08 bits per heavy atom. The Labute approximate surface area is 207 Å². The number of hydrogen-bond acceptors (Lipinski definition) is 5. The van der Waals surface area contributed by atoms with Crippen molar-refractivity contribution in [1.82, 2.24) is 19.7 Å². The summed E-state index contributed by atoms with van der Waals surface area (Å²) in [5.74, 6) is -0.103. The van der Waals surface area contributed by atoms with E-state index >= 15 is 0 Å². The van der Waals surface area contributed by atoms with Gasteiger partial charge in [-0.1, -0.05) is 0 Å². The SMILES string of the molecule is Cc1nc(S(C)(=O)=O)ccc1-c1c(C2CCOCC2)n(-c2ccc(F)cc2)c2cc3cn[nH]c3cc12. The second kappa shape index (κ2) is 8.53. The first-order chi connectivity index (χ1) is 17.3. The van der Waals surface area contributed by atoms with E-state index in [1.807, 2.05) is 13.0 Å². The van der Waals surface area contributed by atoms with Gasteiger partial charge in [-0.15, -0.1) is 0 Å².